The van der Waals surface area contributed by atoms with Crippen LogP contribution in [0.3, 0.4) is 0 Å². The van der Waals surface area contributed by atoms with Crippen molar-refractivity contribution in [3.8, 4) is 0 Å². The highest BCUT2D eigenvalue weighted by Crippen LogP contribution is 2.12. The summed E-state index contributed by atoms with van der Waals surface area (Å²) in [6.45, 7) is 4.16. The predicted octanol–water partition coefficient (Wildman–Crippen LogP) is 2.95. The molecule has 2 rings (SSSR count). The van der Waals surface area contributed by atoms with E-state index in [0.717, 1.165) is 17.8 Å². The number of amides is 2. The number of hydrogen-bond donors (Lipinski definition) is 3. The Morgan fingerprint density at radius 2 is 1.59 bits per heavy atom. The second-order valence-electron chi connectivity index (χ2n) is 6.51. The van der Waals surface area contributed by atoms with Crippen molar-refractivity contribution in [2.24, 2.45) is 5.92 Å². The van der Waals surface area contributed by atoms with Gasteiger partial charge in [0.05, 0.1) is 6.54 Å². The van der Waals surface area contributed by atoms with E-state index in [2.05, 4.69) is 16.0 Å². The van der Waals surface area contributed by atoms with Crippen molar-refractivity contribution in [1.82, 2.24) is 10.6 Å². The van der Waals surface area contributed by atoms with Crippen LogP contribution in [0.2, 0.25) is 0 Å². The topological polar surface area (TPSA) is 70.2 Å². The number of para-hydroxylation sites is 1. The molecule has 0 aromatic heterocycles. The van der Waals surface area contributed by atoms with E-state index in [4.69, 9.17) is 0 Å². The van der Waals surface area contributed by atoms with Gasteiger partial charge in [0.25, 0.3) is 5.91 Å². The fourth-order valence-electron chi connectivity index (χ4n) is 2.44. The molecule has 2 amide bonds. The van der Waals surface area contributed by atoms with Gasteiger partial charge < -0.3 is 16.0 Å². The molecule has 0 fully saturated rings. The largest absolute Gasteiger partial charge is 0.380 e. The van der Waals surface area contributed by atoms with Gasteiger partial charge in [0.2, 0.25) is 5.91 Å². The molecule has 5 nitrogen and oxygen atoms in total. The van der Waals surface area contributed by atoms with Crippen LogP contribution in [0.1, 0.15) is 24.2 Å². The van der Waals surface area contributed by atoms with Crippen molar-refractivity contribution >= 4 is 17.5 Å². The summed E-state index contributed by atoms with van der Waals surface area (Å²) in [6, 6.07) is 12.1. The molecule has 0 spiro atoms. The number of nitrogens with one attached hydrogen (secondary N) is 3. The average molecular weight is 375 g/mol. The third kappa shape index (κ3) is 6.69. The molecule has 0 saturated heterocycles. The van der Waals surface area contributed by atoms with E-state index in [1.54, 1.807) is 0 Å². The summed E-state index contributed by atoms with van der Waals surface area (Å²) in [6.07, 6.45) is 0. The fourth-order valence-corrected chi connectivity index (χ4v) is 2.44. The number of carbonyl (C=O) groups excluding carboxylic acids is 2. The van der Waals surface area contributed by atoms with Crippen LogP contribution in [-0.4, -0.2) is 30.9 Å². The first-order valence-electron chi connectivity index (χ1n) is 8.67. The minimum absolute atomic E-state index is 0.00404. The molecule has 2 aromatic rings. The van der Waals surface area contributed by atoms with Crippen LogP contribution in [0.25, 0.3) is 0 Å². The Labute approximate surface area is 157 Å². The molecule has 0 aliphatic heterocycles. The predicted molar refractivity (Wildman–Crippen MR) is 100 cm³/mol. The number of halogens is 2. The summed E-state index contributed by atoms with van der Waals surface area (Å²) >= 11 is 0. The minimum atomic E-state index is -0.851. The van der Waals surface area contributed by atoms with Crippen molar-refractivity contribution in [2.75, 3.05) is 18.4 Å². The summed E-state index contributed by atoms with van der Waals surface area (Å²) < 4.78 is 26.3. The van der Waals surface area contributed by atoms with Gasteiger partial charge in [-0.05, 0) is 30.2 Å². The highest BCUT2D eigenvalue weighted by atomic mass is 19.1. The van der Waals surface area contributed by atoms with Crippen molar-refractivity contribution in [1.29, 1.82) is 0 Å². The summed E-state index contributed by atoms with van der Waals surface area (Å²) in [5, 5.41) is 8.45. The van der Waals surface area contributed by atoms with E-state index in [9.17, 15) is 18.4 Å². The van der Waals surface area contributed by atoms with E-state index in [1.807, 2.05) is 44.2 Å². The maximum atomic E-state index is 13.1. The first-order valence-corrected chi connectivity index (χ1v) is 8.67. The van der Waals surface area contributed by atoms with Gasteiger partial charge in [-0.2, -0.15) is 0 Å². The fraction of sp³-hybridized carbons (Fsp3) is 0.300. The van der Waals surface area contributed by atoms with Crippen molar-refractivity contribution < 1.29 is 18.4 Å². The molecule has 2 aromatic carbocycles. The van der Waals surface area contributed by atoms with Gasteiger partial charge in [-0.3, -0.25) is 9.59 Å². The summed E-state index contributed by atoms with van der Waals surface area (Å²) in [7, 11) is 0. The van der Waals surface area contributed by atoms with Crippen molar-refractivity contribution in [2.45, 2.75) is 19.9 Å². The van der Waals surface area contributed by atoms with Crippen LogP contribution in [0.4, 0.5) is 14.5 Å². The molecule has 144 valence electrons. The zero-order valence-electron chi connectivity index (χ0n) is 15.3. The second kappa shape index (κ2) is 9.66. The Balaban J connectivity index is 1.82. The zero-order chi connectivity index (χ0) is 19.8. The minimum Gasteiger partial charge on any atom is -0.380 e. The van der Waals surface area contributed by atoms with E-state index in [-0.39, 0.29) is 30.0 Å². The third-order valence-corrected chi connectivity index (χ3v) is 3.98. The number of carbonyl (C=O) groups is 2. The first-order chi connectivity index (χ1) is 12.8. The van der Waals surface area contributed by atoms with E-state index >= 15 is 0 Å². The molecule has 0 aliphatic carbocycles. The lowest BCUT2D eigenvalue weighted by molar-refractivity contribution is -0.120. The SMILES string of the molecule is CC(C)C(CNC(=O)CNC(=O)c1cc(F)cc(F)c1)Nc1ccccc1. The first kappa shape index (κ1) is 20.4. The lowest BCUT2D eigenvalue weighted by atomic mass is 10.0. The van der Waals surface area contributed by atoms with Gasteiger partial charge in [-0.1, -0.05) is 32.0 Å². The molecular weight excluding hydrogens is 352 g/mol. The Kier molecular flexibility index (Phi) is 7.28. The summed E-state index contributed by atoms with van der Waals surface area (Å²) in [4.78, 5) is 23.9. The van der Waals surface area contributed by atoms with Gasteiger partial charge in [-0.25, -0.2) is 8.78 Å². The van der Waals surface area contributed by atoms with E-state index in [0.29, 0.717) is 12.6 Å². The Morgan fingerprint density at radius 3 is 2.19 bits per heavy atom. The monoisotopic (exact) mass is 375 g/mol. The maximum Gasteiger partial charge on any atom is 0.251 e. The zero-order valence-corrected chi connectivity index (χ0v) is 15.3. The lowest BCUT2D eigenvalue weighted by Gasteiger charge is -2.24. The molecule has 1 atom stereocenters. The number of anilines is 1. The Bertz CT molecular complexity index is 762. The molecule has 0 saturated carbocycles. The van der Waals surface area contributed by atoms with Crippen LogP contribution in [0.15, 0.2) is 48.5 Å². The van der Waals surface area contributed by atoms with Gasteiger partial charge in [0.1, 0.15) is 11.6 Å². The number of rotatable bonds is 8. The van der Waals surface area contributed by atoms with Crippen molar-refractivity contribution in [3.63, 3.8) is 0 Å². The molecule has 27 heavy (non-hydrogen) atoms. The summed E-state index contributed by atoms with van der Waals surface area (Å²) in [5.41, 5.74) is 0.776. The van der Waals surface area contributed by atoms with Crippen LogP contribution >= 0.6 is 0 Å². The molecule has 0 radical (unpaired) electrons. The molecule has 0 bridgehead atoms. The molecule has 3 N–H and O–H groups in total. The van der Waals surface area contributed by atoms with Gasteiger partial charge in [-0.15, -0.1) is 0 Å². The van der Waals surface area contributed by atoms with Crippen LogP contribution in [0, 0.1) is 17.6 Å². The molecule has 7 heteroatoms. The third-order valence-electron chi connectivity index (χ3n) is 3.98. The number of benzene rings is 2. The Hall–Kier alpha value is -2.96. The quantitative estimate of drug-likeness (QED) is 0.664. The normalized spacial score (nSPS) is 11.7. The molecular formula is C20H23F2N3O2. The van der Waals surface area contributed by atoms with Crippen molar-refractivity contribution in [3.05, 3.63) is 65.7 Å². The summed E-state index contributed by atoms with van der Waals surface area (Å²) in [5.74, 6) is -2.55. The lowest BCUT2D eigenvalue weighted by Crippen LogP contribution is -2.43. The Morgan fingerprint density at radius 1 is 0.963 bits per heavy atom. The van der Waals surface area contributed by atoms with Crippen LogP contribution in [0.5, 0.6) is 0 Å². The van der Waals surface area contributed by atoms with Gasteiger partial charge >= 0.3 is 0 Å². The maximum absolute atomic E-state index is 13.1. The van der Waals surface area contributed by atoms with Crippen LogP contribution < -0.4 is 16.0 Å². The highest BCUT2D eigenvalue weighted by molar-refractivity contribution is 5.96. The van der Waals surface area contributed by atoms with Gasteiger partial charge in [0, 0.05) is 29.9 Å². The average Bonchev–Trinajstić information content (AvgIpc) is 2.62. The second-order valence-corrected chi connectivity index (χ2v) is 6.51. The highest BCUT2D eigenvalue weighted by Gasteiger charge is 2.15. The smallest absolute Gasteiger partial charge is 0.251 e. The van der Waals surface area contributed by atoms with E-state index in [1.165, 1.54) is 0 Å². The van der Waals surface area contributed by atoms with Gasteiger partial charge in [0.15, 0.2) is 0 Å². The number of hydrogen-bond acceptors (Lipinski definition) is 3. The molecule has 0 heterocycles. The van der Waals surface area contributed by atoms with Crippen LogP contribution in [-0.2, 0) is 4.79 Å². The molecule has 0 aliphatic rings. The van der Waals surface area contributed by atoms with E-state index < -0.39 is 17.5 Å². The molecule has 1 unspecified atom stereocenters. The standard InChI is InChI=1S/C20H23F2N3O2/c1-13(2)18(25-17-6-4-3-5-7-17)11-23-19(26)12-24-20(27)14-8-15(21)10-16(22)9-14/h3-10,13,18,25H,11-12H2,1-2H3,(H,23,26)(H,24,27).